The Hall–Kier alpha value is -2.02. The molecule has 2 unspecified atom stereocenters. The highest BCUT2D eigenvalue weighted by Gasteiger charge is 2.64. The second-order valence-electron chi connectivity index (χ2n) is 5.52. The third-order valence-corrected chi connectivity index (χ3v) is 4.17. The van der Waals surface area contributed by atoms with Crippen LogP contribution in [0.15, 0.2) is 24.3 Å². The van der Waals surface area contributed by atoms with Gasteiger partial charge in [0.05, 0.1) is 17.4 Å². The van der Waals surface area contributed by atoms with Crippen LogP contribution in [0.5, 0.6) is 0 Å². The van der Waals surface area contributed by atoms with Gasteiger partial charge in [-0.1, -0.05) is 12.1 Å². The van der Waals surface area contributed by atoms with Crippen LogP contribution < -0.4 is 9.80 Å². The molecule has 92 valence electrons. The molecule has 18 heavy (non-hydrogen) atoms. The number of nitrogens with zero attached hydrogens (tertiary/aromatic N) is 3. The molecule has 1 fully saturated rings. The second-order valence-corrected chi connectivity index (χ2v) is 5.52. The summed E-state index contributed by atoms with van der Waals surface area (Å²) >= 11 is 0. The zero-order valence-electron chi connectivity index (χ0n) is 10.8. The van der Waals surface area contributed by atoms with Crippen molar-refractivity contribution in [1.82, 2.24) is 0 Å². The molecule has 4 heteroatoms. The lowest BCUT2D eigenvalue weighted by atomic mass is 9.68. The van der Waals surface area contributed by atoms with Gasteiger partial charge >= 0.3 is 0 Å². The van der Waals surface area contributed by atoms with Gasteiger partial charge in [-0.25, -0.2) is 0 Å². The number of para-hydroxylation sites is 2. The first-order valence-electron chi connectivity index (χ1n) is 6.03. The zero-order chi connectivity index (χ0) is 13.1. The average molecular weight is 241 g/mol. The number of rotatable bonds is 0. The summed E-state index contributed by atoms with van der Waals surface area (Å²) in [5.41, 5.74) is 0.688. The lowest BCUT2D eigenvalue weighted by Crippen LogP contribution is -2.78. The fourth-order valence-electron chi connectivity index (χ4n) is 3.48. The Morgan fingerprint density at radius 2 is 1.89 bits per heavy atom. The lowest BCUT2D eigenvalue weighted by Gasteiger charge is -2.63. The predicted octanol–water partition coefficient (Wildman–Crippen LogP) is 1.91. The van der Waals surface area contributed by atoms with Crippen molar-refractivity contribution in [1.29, 1.82) is 5.26 Å². The Morgan fingerprint density at radius 1 is 1.28 bits per heavy atom. The van der Waals surface area contributed by atoms with Gasteiger partial charge in [-0.15, -0.1) is 0 Å². The van der Waals surface area contributed by atoms with E-state index < -0.39 is 11.1 Å². The second kappa shape index (κ2) is 3.05. The summed E-state index contributed by atoms with van der Waals surface area (Å²) in [6.45, 7) is 3.81. The fraction of sp³-hybridized carbons (Fsp3) is 0.429. The van der Waals surface area contributed by atoms with Crippen molar-refractivity contribution in [3.8, 4) is 6.07 Å². The summed E-state index contributed by atoms with van der Waals surface area (Å²) in [5.74, 6) is 0.0638. The summed E-state index contributed by atoms with van der Waals surface area (Å²) < 4.78 is 0. The van der Waals surface area contributed by atoms with Crippen molar-refractivity contribution in [3.63, 3.8) is 0 Å². The molecule has 1 aromatic carbocycles. The summed E-state index contributed by atoms with van der Waals surface area (Å²) in [7, 11) is 1.80. The van der Waals surface area contributed by atoms with E-state index in [0.29, 0.717) is 6.42 Å². The first-order valence-corrected chi connectivity index (χ1v) is 6.03. The Kier molecular flexibility index (Phi) is 1.88. The van der Waals surface area contributed by atoms with Gasteiger partial charge in [0, 0.05) is 13.5 Å². The zero-order valence-corrected chi connectivity index (χ0v) is 10.8. The number of benzene rings is 1. The molecule has 2 atom stereocenters. The molecule has 2 aliphatic rings. The SMILES string of the molecule is CN1C(=O)C2(C)CC(C)(C#N)N2c2ccccc21. The predicted molar refractivity (Wildman–Crippen MR) is 69.4 cm³/mol. The number of carbonyl (C=O) groups is 1. The van der Waals surface area contributed by atoms with Gasteiger partial charge in [-0.05, 0) is 26.0 Å². The maximum Gasteiger partial charge on any atom is 0.252 e. The van der Waals surface area contributed by atoms with Crippen molar-refractivity contribution < 1.29 is 4.79 Å². The Balaban J connectivity index is 2.24. The summed E-state index contributed by atoms with van der Waals surface area (Å²) in [4.78, 5) is 16.1. The van der Waals surface area contributed by atoms with Crippen LogP contribution in [-0.4, -0.2) is 24.0 Å². The van der Waals surface area contributed by atoms with E-state index in [1.807, 2.05) is 43.0 Å². The summed E-state index contributed by atoms with van der Waals surface area (Å²) in [5, 5.41) is 9.36. The van der Waals surface area contributed by atoms with E-state index in [4.69, 9.17) is 0 Å². The molecule has 3 rings (SSSR count). The van der Waals surface area contributed by atoms with E-state index in [1.54, 1.807) is 11.9 Å². The molecule has 0 spiro atoms. The van der Waals surface area contributed by atoms with Crippen LogP contribution in [0.2, 0.25) is 0 Å². The Bertz CT molecular complexity index is 591. The van der Waals surface area contributed by atoms with Crippen LogP contribution >= 0.6 is 0 Å². The molecule has 0 aliphatic carbocycles. The molecule has 0 N–H and O–H groups in total. The van der Waals surface area contributed by atoms with Crippen molar-refractivity contribution in [3.05, 3.63) is 24.3 Å². The van der Waals surface area contributed by atoms with E-state index in [-0.39, 0.29) is 5.91 Å². The van der Waals surface area contributed by atoms with E-state index in [1.165, 1.54) is 0 Å². The minimum absolute atomic E-state index is 0.0638. The number of likely N-dealkylation sites (N-methyl/N-ethyl adjacent to an activating group) is 1. The number of carbonyl (C=O) groups excluding carboxylic acids is 1. The Morgan fingerprint density at radius 3 is 2.50 bits per heavy atom. The number of nitriles is 1. The average Bonchev–Trinajstić information content (AvgIpc) is 2.35. The quantitative estimate of drug-likeness (QED) is 0.697. The number of fused-ring (bicyclic) bond motifs is 3. The van der Waals surface area contributed by atoms with Crippen LogP contribution in [-0.2, 0) is 4.79 Å². The highest BCUT2D eigenvalue weighted by Crippen LogP contribution is 2.54. The lowest BCUT2D eigenvalue weighted by molar-refractivity contribution is -0.127. The molecule has 1 saturated heterocycles. The smallest absolute Gasteiger partial charge is 0.252 e. The normalized spacial score (nSPS) is 33.3. The van der Waals surface area contributed by atoms with Gasteiger partial charge < -0.3 is 9.80 Å². The molecule has 0 bridgehead atoms. The van der Waals surface area contributed by atoms with Crippen molar-refractivity contribution in [2.75, 3.05) is 16.8 Å². The van der Waals surface area contributed by atoms with Crippen molar-refractivity contribution >= 4 is 17.3 Å². The van der Waals surface area contributed by atoms with Crippen LogP contribution in [0.25, 0.3) is 0 Å². The number of amides is 1. The minimum Gasteiger partial charge on any atom is -0.337 e. The van der Waals surface area contributed by atoms with Gasteiger partial charge in [-0.2, -0.15) is 5.26 Å². The van der Waals surface area contributed by atoms with Crippen molar-refractivity contribution in [2.24, 2.45) is 0 Å². The maximum absolute atomic E-state index is 12.4. The molecule has 2 aliphatic heterocycles. The number of hydrogen-bond donors (Lipinski definition) is 0. The van der Waals surface area contributed by atoms with E-state index in [0.717, 1.165) is 11.4 Å². The largest absolute Gasteiger partial charge is 0.337 e. The highest BCUT2D eigenvalue weighted by atomic mass is 16.2. The maximum atomic E-state index is 12.4. The Labute approximate surface area is 106 Å². The van der Waals surface area contributed by atoms with Gasteiger partial charge in [0.25, 0.3) is 5.91 Å². The third-order valence-electron chi connectivity index (χ3n) is 4.17. The fourth-order valence-corrected chi connectivity index (χ4v) is 3.48. The summed E-state index contributed by atoms with van der Waals surface area (Å²) in [6.07, 6.45) is 0.577. The molecule has 0 radical (unpaired) electrons. The molecule has 0 saturated carbocycles. The van der Waals surface area contributed by atoms with Crippen LogP contribution in [0.3, 0.4) is 0 Å². The number of anilines is 2. The number of hydrogen-bond acceptors (Lipinski definition) is 3. The van der Waals surface area contributed by atoms with E-state index in [2.05, 4.69) is 6.07 Å². The first kappa shape index (κ1) is 11.1. The molecule has 4 nitrogen and oxygen atoms in total. The molecule has 2 heterocycles. The monoisotopic (exact) mass is 241 g/mol. The van der Waals surface area contributed by atoms with Crippen LogP contribution in [0.4, 0.5) is 11.4 Å². The van der Waals surface area contributed by atoms with Gasteiger partial charge in [0.1, 0.15) is 11.1 Å². The summed E-state index contributed by atoms with van der Waals surface area (Å²) in [6, 6.07) is 10.1. The van der Waals surface area contributed by atoms with Crippen molar-refractivity contribution in [2.45, 2.75) is 31.3 Å². The topological polar surface area (TPSA) is 47.3 Å². The standard InChI is InChI=1S/C14H15N3O/c1-13(9-15)8-14(2)12(18)16(3)10-6-4-5-7-11(10)17(13)14/h4-7H,8H2,1-3H3. The molecule has 1 aromatic rings. The minimum atomic E-state index is -0.582. The molecule has 0 aromatic heterocycles. The highest BCUT2D eigenvalue weighted by molar-refractivity contribution is 6.10. The molecular weight excluding hydrogens is 226 g/mol. The molecular formula is C14H15N3O. The third kappa shape index (κ3) is 1.02. The van der Waals surface area contributed by atoms with Gasteiger partial charge in [-0.3, -0.25) is 4.79 Å². The van der Waals surface area contributed by atoms with Crippen LogP contribution in [0.1, 0.15) is 20.3 Å². The van der Waals surface area contributed by atoms with E-state index in [9.17, 15) is 10.1 Å². The molecule has 1 amide bonds. The first-order chi connectivity index (χ1) is 8.44. The van der Waals surface area contributed by atoms with Gasteiger partial charge in [0.2, 0.25) is 0 Å². The van der Waals surface area contributed by atoms with Gasteiger partial charge in [0.15, 0.2) is 0 Å². The van der Waals surface area contributed by atoms with Crippen LogP contribution in [0, 0.1) is 11.3 Å². The van der Waals surface area contributed by atoms with E-state index >= 15 is 0 Å².